The number of hydrogen-bond acceptors (Lipinski definition) is 7. The minimum absolute atomic E-state index is 0. The summed E-state index contributed by atoms with van der Waals surface area (Å²) in [4.78, 5) is 28.1. The van der Waals surface area contributed by atoms with Gasteiger partial charge in [0, 0.05) is 49.0 Å². The number of carbonyl (C=O) groups is 1. The van der Waals surface area contributed by atoms with Gasteiger partial charge in [0.25, 0.3) is 0 Å². The first-order chi connectivity index (χ1) is 16.1. The first kappa shape index (κ1) is 27.8. The zero-order valence-corrected chi connectivity index (χ0v) is 21.1. The van der Waals surface area contributed by atoms with Gasteiger partial charge in [0.15, 0.2) is 0 Å². The Balaban J connectivity index is 0.00000216. The molecule has 1 unspecified atom stereocenters. The van der Waals surface area contributed by atoms with E-state index >= 15 is 0 Å². The third-order valence-corrected chi connectivity index (χ3v) is 5.48. The van der Waals surface area contributed by atoms with Crippen molar-refractivity contribution in [1.29, 1.82) is 5.26 Å². The van der Waals surface area contributed by atoms with Gasteiger partial charge in [0.05, 0.1) is 18.1 Å². The summed E-state index contributed by atoms with van der Waals surface area (Å²) in [6, 6.07) is 15.3. The van der Waals surface area contributed by atoms with E-state index in [1.54, 1.807) is 24.5 Å². The Bertz CT molecular complexity index is 1150. The van der Waals surface area contributed by atoms with Gasteiger partial charge in [-0.3, -0.25) is 9.78 Å². The number of hydrogen-bond donors (Lipinski definition) is 2. The monoisotopic (exact) mass is 513 g/mol. The number of benzene rings is 1. The first-order valence-corrected chi connectivity index (χ1v) is 11.2. The molecule has 1 aromatic carbocycles. The van der Waals surface area contributed by atoms with Crippen LogP contribution in [0.25, 0.3) is 0 Å². The highest BCUT2D eigenvalue weighted by molar-refractivity contribution is 5.85. The molecule has 2 N–H and O–H groups in total. The summed E-state index contributed by atoms with van der Waals surface area (Å²) in [5.74, 6) is 1.36. The highest BCUT2D eigenvalue weighted by atomic mass is 35.5. The molecule has 4 rings (SSSR count). The molecule has 1 saturated heterocycles. The van der Waals surface area contributed by atoms with Crippen molar-refractivity contribution in [3.05, 3.63) is 71.7 Å². The molecule has 0 bridgehead atoms. The summed E-state index contributed by atoms with van der Waals surface area (Å²) in [6.07, 6.45) is 6.44. The van der Waals surface area contributed by atoms with Crippen LogP contribution in [0.4, 0.5) is 17.5 Å². The number of pyridine rings is 1. The lowest BCUT2D eigenvalue weighted by Crippen LogP contribution is -2.38. The molecule has 1 fully saturated rings. The van der Waals surface area contributed by atoms with Crippen molar-refractivity contribution in [3.63, 3.8) is 0 Å². The van der Waals surface area contributed by atoms with Crippen LogP contribution in [-0.2, 0) is 17.6 Å². The second kappa shape index (κ2) is 13.5. The van der Waals surface area contributed by atoms with Crippen LogP contribution in [0.1, 0.15) is 36.6 Å². The van der Waals surface area contributed by atoms with Crippen LogP contribution < -0.4 is 15.5 Å². The Kier molecular flexibility index (Phi) is 10.7. The van der Waals surface area contributed by atoms with Crippen molar-refractivity contribution in [2.24, 2.45) is 0 Å². The van der Waals surface area contributed by atoms with Crippen LogP contribution in [0.2, 0.25) is 0 Å². The molecule has 1 atom stereocenters. The minimum Gasteiger partial charge on any atom is -0.354 e. The van der Waals surface area contributed by atoms with Gasteiger partial charge in [-0.15, -0.1) is 24.8 Å². The average molecular weight is 514 g/mol. The Morgan fingerprint density at radius 2 is 2.06 bits per heavy atom. The van der Waals surface area contributed by atoms with Gasteiger partial charge in [-0.25, -0.2) is 4.98 Å². The number of aromatic nitrogens is 3. The second-order valence-corrected chi connectivity index (χ2v) is 8.15. The summed E-state index contributed by atoms with van der Waals surface area (Å²) >= 11 is 0. The Morgan fingerprint density at radius 1 is 1.20 bits per heavy atom. The summed E-state index contributed by atoms with van der Waals surface area (Å²) in [5, 5.41) is 15.5. The van der Waals surface area contributed by atoms with E-state index in [0.717, 1.165) is 48.6 Å². The lowest BCUT2D eigenvalue weighted by molar-refractivity contribution is -0.121. The molecule has 8 nitrogen and oxygen atoms in total. The zero-order chi connectivity index (χ0) is 23.0. The fourth-order valence-corrected chi connectivity index (χ4v) is 3.93. The Labute approximate surface area is 218 Å². The minimum atomic E-state index is 0. The van der Waals surface area contributed by atoms with E-state index in [1.165, 1.54) is 0 Å². The molecule has 3 aromatic rings. The van der Waals surface area contributed by atoms with Crippen molar-refractivity contribution >= 4 is 48.2 Å². The van der Waals surface area contributed by atoms with Gasteiger partial charge in [-0.05, 0) is 42.7 Å². The summed E-state index contributed by atoms with van der Waals surface area (Å²) in [6.45, 7) is 3.63. The van der Waals surface area contributed by atoms with Crippen molar-refractivity contribution < 1.29 is 4.79 Å². The molecule has 184 valence electrons. The van der Waals surface area contributed by atoms with E-state index in [2.05, 4.69) is 38.5 Å². The highest BCUT2D eigenvalue weighted by Gasteiger charge is 2.25. The quantitative estimate of drug-likeness (QED) is 0.464. The van der Waals surface area contributed by atoms with Gasteiger partial charge in [0.1, 0.15) is 5.82 Å². The van der Waals surface area contributed by atoms with Gasteiger partial charge >= 0.3 is 0 Å². The standard InChI is InChI=1S/C25H27N7O.2ClH/c1-2-5-20-14-23(31-25(29-20)30-21-8-3-6-18(12-21)15-26)32-11-9-22(17-32)28-24(33)13-19-7-4-10-27-16-19;;/h3-4,6-8,10,12,14,16,22H,2,5,9,11,13,17H2,1H3,(H,28,33)(H,29,30,31);2*1H. The largest absolute Gasteiger partial charge is 0.354 e. The predicted molar refractivity (Wildman–Crippen MR) is 142 cm³/mol. The lowest BCUT2D eigenvalue weighted by Gasteiger charge is -2.20. The van der Waals surface area contributed by atoms with E-state index in [-0.39, 0.29) is 36.8 Å². The van der Waals surface area contributed by atoms with Crippen LogP contribution >= 0.6 is 24.8 Å². The Hall–Kier alpha value is -3.41. The van der Waals surface area contributed by atoms with Crippen molar-refractivity contribution in [2.75, 3.05) is 23.3 Å². The number of amides is 1. The maximum atomic E-state index is 12.4. The number of nitrogens with one attached hydrogen (secondary N) is 2. The predicted octanol–water partition coefficient (Wildman–Crippen LogP) is 4.22. The number of nitriles is 1. The maximum absolute atomic E-state index is 12.4. The van der Waals surface area contributed by atoms with Crippen LogP contribution in [0.15, 0.2) is 54.9 Å². The van der Waals surface area contributed by atoms with Crippen molar-refractivity contribution in [2.45, 2.75) is 38.6 Å². The number of aryl methyl sites for hydroxylation is 1. The number of rotatable bonds is 8. The van der Waals surface area contributed by atoms with E-state index in [1.807, 2.05) is 30.3 Å². The topological polar surface area (TPSA) is 107 Å². The zero-order valence-electron chi connectivity index (χ0n) is 19.5. The maximum Gasteiger partial charge on any atom is 0.229 e. The molecule has 1 amide bonds. The lowest BCUT2D eigenvalue weighted by atomic mass is 10.2. The van der Waals surface area contributed by atoms with E-state index < -0.39 is 0 Å². The normalized spacial score (nSPS) is 14.3. The third kappa shape index (κ3) is 7.81. The molecule has 3 heterocycles. The molecular formula is C25H29Cl2N7O. The van der Waals surface area contributed by atoms with E-state index in [0.29, 0.717) is 24.5 Å². The molecule has 0 aliphatic carbocycles. The van der Waals surface area contributed by atoms with Gasteiger partial charge in [-0.2, -0.15) is 10.2 Å². The SMILES string of the molecule is CCCc1cc(N2CCC(NC(=O)Cc3cccnc3)C2)nc(Nc2cccc(C#N)c2)n1.Cl.Cl. The summed E-state index contributed by atoms with van der Waals surface area (Å²) < 4.78 is 0. The third-order valence-electron chi connectivity index (χ3n) is 5.48. The summed E-state index contributed by atoms with van der Waals surface area (Å²) in [5.41, 5.74) is 3.22. The number of anilines is 3. The van der Waals surface area contributed by atoms with Crippen LogP contribution in [0.3, 0.4) is 0 Å². The van der Waals surface area contributed by atoms with Gasteiger partial charge < -0.3 is 15.5 Å². The smallest absolute Gasteiger partial charge is 0.229 e. The van der Waals surface area contributed by atoms with Crippen molar-refractivity contribution in [3.8, 4) is 6.07 Å². The molecule has 0 radical (unpaired) electrons. The molecule has 2 aromatic heterocycles. The van der Waals surface area contributed by atoms with Crippen LogP contribution in [-0.4, -0.2) is 40.0 Å². The fraction of sp³-hybridized carbons (Fsp3) is 0.320. The molecule has 10 heteroatoms. The molecular weight excluding hydrogens is 485 g/mol. The molecule has 1 aliphatic heterocycles. The Morgan fingerprint density at radius 3 is 2.80 bits per heavy atom. The number of nitrogens with zero attached hydrogens (tertiary/aromatic N) is 5. The van der Waals surface area contributed by atoms with Gasteiger partial charge in [-0.1, -0.05) is 25.5 Å². The van der Waals surface area contributed by atoms with E-state index in [9.17, 15) is 4.79 Å². The molecule has 0 saturated carbocycles. The fourth-order valence-electron chi connectivity index (χ4n) is 3.93. The molecule has 0 spiro atoms. The highest BCUT2D eigenvalue weighted by Crippen LogP contribution is 2.23. The number of carbonyl (C=O) groups excluding carboxylic acids is 1. The molecule has 35 heavy (non-hydrogen) atoms. The second-order valence-electron chi connectivity index (χ2n) is 8.15. The van der Waals surface area contributed by atoms with Gasteiger partial charge in [0.2, 0.25) is 11.9 Å². The van der Waals surface area contributed by atoms with Crippen LogP contribution in [0, 0.1) is 11.3 Å². The molecule has 1 aliphatic rings. The summed E-state index contributed by atoms with van der Waals surface area (Å²) in [7, 11) is 0. The van der Waals surface area contributed by atoms with Crippen molar-refractivity contribution in [1.82, 2.24) is 20.3 Å². The average Bonchev–Trinajstić information content (AvgIpc) is 3.28. The van der Waals surface area contributed by atoms with E-state index in [4.69, 9.17) is 10.2 Å². The number of halogens is 2. The first-order valence-electron chi connectivity index (χ1n) is 11.2. The van der Waals surface area contributed by atoms with Crippen LogP contribution in [0.5, 0.6) is 0 Å².